The van der Waals surface area contributed by atoms with Crippen LogP contribution in [0.4, 0.5) is 0 Å². The van der Waals surface area contributed by atoms with Gasteiger partial charge in [-0.3, -0.25) is 9.69 Å². The maximum atomic E-state index is 12.6. The van der Waals surface area contributed by atoms with Crippen LogP contribution < -0.4 is 5.56 Å². The van der Waals surface area contributed by atoms with Gasteiger partial charge in [-0.05, 0) is 23.7 Å². The van der Waals surface area contributed by atoms with Crippen LogP contribution in [-0.2, 0) is 13.1 Å². The van der Waals surface area contributed by atoms with Gasteiger partial charge in [0.05, 0.1) is 11.9 Å². The lowest BCUT2D eigenvalue weighted by Crippen LogP contribution is -2.25. The second kappa shape index (κ2) is 7.86. The van der Waals surface area contributed by atoms with Crippen molar-refractivity contribution in [3.63, 3.8) is 0 Å². The molecule has 0 amide bonds. The molecule has 0 saturated heterocycles. The van der Waals surface area contributed by atoms with Crippen molar-refractivity contribution >= 4 is 21.6 Å². The summed E-state index contributed by atoms with van der Waals surface area (Å²) in [6, 6.07) is 22.4. The normalized spacial score (nSPS) is 11.3. The highest BCUT2D eigenvalue weighted by atomic mass is 32.1. The number of aromatic nitrogens is 2. The number of nitrogens with zero attached hydrogens (tertiary/aromatic N) is 2. The van der Waals surface area contributed by atoms with Crippen LogP contribution in [0.15, 0.2) is 71.5 Å². The summed E-state index contributed by atoms with van der Waals surface area (Å²) in [4.78, 5) is 24.4. The van der Waals surface area contributed by atoms with Gasteiger partial charge < -0.3 is 4.98 Å². The fourth-order valence-electron chi connectivity index (χ4n) is 3.13. The first-order valence-corrected chi connectivity index (χ1v) is 9.89. The first kappa shape index (κ1) is 17.6. The highest BCUT2D eigenvalue weighted by Gasteiger charge is 2.12. The molecule has 0 aliphatic rings. The van der Waals surface area contributed by atoms with E-state index in [1.165, 1.54) is 5.56 Å². The molecule has 0 fully saturated rings. The third-order valence-electron chi connectivity index (χ3n) is 4.58. The van der Waals surface area contributed by atoms with Gasteiger partial charge in [0, 0.05) is 11.4 Å². The standard InChI is InChI=1S/C22H21N3OS/c1-2-25(14-16-9-5-3-6-10-16)15-20-23-21(26)18-13-19(27-22(18)24-20)17-11-7-4-8-12-17/h3-13H,2,14-15H2,1H3,(H,23,24,26). The van der Waals surface area contributed by atoms with Crippen molar-refractivity contribution in [2.75, 3.05) is 6.54 Å². The molecule has 4 rings (SSSR count). The van der Waals surface area contributed by atoms with Gasteiger partial charge in [0.2, 0.25) is 0 Å². The molecule has 0 aliphatic carbocycles. The van der Waals surface area contributed by atoms with Crippen molar-refractivity contribution < 1.29 is 0 Å². The average molecular weight is 375 g/mol. The number of aromatic amines is 1. The summed E-state index contributed by atoms with van der Waals surface area (Å²) in [5.41, 5.74) is 2.30. The SMILES string of the molecule is CCN(Cc1ccccc1)Cc1nc2sc(-c3ccccc3)cc2c(=O)[nH]1. The van der Waals surface area contributed by atoms with E-state index in [1.807, 2.05) is 42.5 Å². The summed E-state index contributed by atoms with van der Waals surface area (Å²) in [5.74, 6) is 0.715. The molecule has 1 N–H and O–H groups in total. The van der Waals surface area contributed by atoms with E-state index in [0.29, 0.717) is 17.8 Å². The molecule has 5 heteroatoms. The second-order valence-corrected chi connectivity index (χ2v) is 7.53. The van der Waals surface area contributed by atoms with Gasteiger partial charge >= 0.3 is 0 Å². The molecule has 2 heterocycles. The maximum absolute atomic E-state index is 12.6. The van der Waals surface area contributed by atoms with E-state index >= 15 is 0 Å². The van der Waals surface area contributed by atoms with Gasteiger partial charge in [0.25, 0.3) is 5.56 Å². The van der Waals surface area contributed by atoms with Gasteiger partial charge in [0.15, 0.2) is 0 Å². The zero-order valence-corrected chi connectivity index (χ0v) is 16.0. The maximum Gasteiger partial charge on any atom is 0.259 e. The summed E-state index contributed by atoms with van der Waals surface area (Å²) in [6.45, 7) is 4.46. The molecule has 0 spiro atoms. The molecule has 0 bridgehead atoms. The number of nitrogens with one attached hydrogen (secondary N) is 1. The highest BCUT2D eigenvalue weighted by Crippen LogP contribution is 2.30. The number of hydrogen-bond acceptors (Lipinski definition) is 4. The number of hydrogen-bond donors (Lipinski definition) is 1. The number of H-pyrrole nitrogens is 1. The Morgan fingerprint density at radius 3 is 2.41 bits per heavy atom. The fraction of sp³-hybridized carbons (Fsp3) is 0.182. The molecular formula is C22H21N3OS. The Labute approximate surface area is 162 Å². The van der Waals surface area contributed by atoms with Crippen molar-refractivity contribution in [2.24, 2.45) is 0 Å². The molecule has 136 valence electrons. The predicted octanol–water partition coefficient (Wildman–Crippen LogP) is 4.67. The lowest BCUT2D eigenvalue weighted by Gasteiger charge is -2.19. The van der Waals surface area contributed by atoms with Gasteiger partial charge in [-0.15, -0.1) is 11.3 Å². The number of rotatable bonds is 6. The van der Waals surface area contributed by atoms with Crippen LogP contribution in [-0.4, -0.2) is 21.4 Å². The minimum Gasteiger partial charge on any atom is -0.309 e. The largest absolute Gasteiger partial charge is 0.309 e. The number of fused-ring (bicyclic) bond motifs is 1. The molecule has 0 atom stereocenters. The van der Waals surface area contributed by atoms with E-state index in [-0.39, 0.29) is 5.56 Å². The summed E-state index contributed by atoms with van der Waals surface area (Å²) in [7, 11) is 0. The first-order valence-electron chi connectivity index (χ1n) is 9.07. The Morgan fingerprint density at radius 2 is 1.70 bits per heavy atom. The molecule has 2 aromatic heterocycles. The Bertz CT molecular complexity index is 1090. The van der Waals surface area contributed by atoms with Crippen LogP contribution >= 0.6 is 11.3 Å². The van der Waals surface area contributed by atoms with E-state index in [1.54, 1.807) is 11.3 Å². The minimum absolute atomic E-state index is 0.0656. The first-order chi connectivity index (χ1) is 13.2. The predicted molar refractivity (Wildman–Crippen MR) is 112 cm³/mol. The molecule has 0 unspecified atom stereocenters. The van der Waals surface area contributed by atoms with Gasteiger partial charge in [-0.25, -0.2) is 4.98 Å². The third kappa shape index (κ3) is 3.99. The van der Waals surface area contributed by atoms with E-state index < -0.39 is 0 Å². The molecule has 27 heavy (non-hydrogen) atoms. The van der Waals surface area contributed by atoms with Crippen LogP contribution in [0.5, 0.6) is 0 Å². The molecule has 0 radical (unpaired) electrons. The monoisotopic (exact) mass is 375 g/mol. The lowest BCUT2D eigenvalue weighted by atomic mass is 10.2. The van der Waals surface area contributed by atoms with Crippen molar-refractivity contribution in [1.29, 1.82) is 0 Å². The molecule has 0 aliphatic heterocycles. The van der Waals surface area contributed by atoms with E-state index in [9.17, 15) is 4.79 Å². The molecule has 0 saturated carbocycles. The number of thiophene rings is 1. The van der Waals surface area contributed by atoms with Gasteiger partial charge in [-0.2, -0.15) is 0 Å². The van der Waals surface area contributed by atoms with Crippen molar-refractivity contribution in [3.05, 3.63) is 88.5 Å². The van der Waals surface area contributed by atoms with Gasteiger partial charge in [-0.1, -0.05) is 67.6 Å². The van der Waals surface area contributed by atoms with Crippen LogP contribution in [0.3, 0.4) is 0 Å². The van der Waals surface area contributed by atoms with E-state index in [4.69, 9.17) is 4.98 Å². The Kier molecular flexibility index (Phi) is 5.14. The zero-order valence-electron chi connectivity index (χ0n) is 15.2. The lowest BCUT2D eigenvalue weighted by molar-refractivity contribution is 0.264. The fourth-order valence-corrected chi connectivity index (χ4v) is 4.18. The van der Waals surface area contributed by atoms with Crippen LogP contribution in [0, 0.1) is 0 Å². The summed E-state index contributed by atoms with van der Waals surface area (Å²) >= 11 is 1.57. The summed E-state index contributed by atoms with van der Waals surface area (Å²) in [5, 5.41) is 0.661. The van der Waals surface area contributed by atoms with Crippen molar-refractivity contribution in [2.45, 2.75) is 20.0 Å². The molecular weight excluding hydrogens is 354 g/mol. The molecule has 4 nitrogen and oxygen atoms in total. The van der Waals surface area contributed by atoms with Crippen molar-refractivity contribution in [3.8, 4) is 10.4 Å². The topological polar surface area (TPSA) is 49.0 Å². The Hall–Kier alpha value is -2.76. The summed E-state index contributed by atoms with van der Waals surface area (Å²) < 4.78 is 0. The zero-order chi connectivity index (χ0) is 18.6. The average Bonchev–Trinajstić information content (AvgIpc) is 3.14. The van der Waals surface area contributed by atoms with Crippen LogP contribution in [0.1, 0.15) is 18.3 Å². The quantitative estimate of drug-likeness (QED) is 0.533. The third-order valence-corrected chi connectivity index (χ3v) is 5.66. The number of benzene rings is 2. The molecule has 2 aromatic carbocycles. The summed E-state index contributed by atoms with van der Waals surface area (Å²) in [6.07, 6.45) is 0. The van der Waals surface area contributed by atoms with E-state index in [2.05, 4.69) is 41.1 Å². The van der Waals surface area contributed by atoms with Crippen LogP contribution in [0.25, 0.3) is 20.7 Å². The second-order valence-electron chi connectivity index (χ2n) is 6.50. The Balaban J connectivity index is 1.61. The minimum atomic E-state index is -0.0656. The Morgan fingerprint density at radius 1 is 1.00 bits per heavy atom. The smallest absolute Gasteiger partial charge is 0.259 e. The van der Waals surface area contributed by atoms with Gasteiger partial charge in [0.1, 0.15) is 10.7 Å². The highest BCUT2D eigenvalue weighted by molar-refractivity contribution is 7.21. The molecule has 4 aromatic rings. The van der Waals surface area contributed by atoms with Crippen molar-refractivity contribution in [1.82, 2.24) is 14.9 Å². The van der Waals surface area contributed by atoms with Crippen LogP contribution in [0.2, 0.25) is 0 Å². The van der Waals surface area contributed by atoms with E-state index in [0.717, 1.165) is 28.4 Å².